The Hall–Kier alpha value is -0.830. The van der Waals surface area contributed by atoms with Crippen LogP contribution in [0, 0.1) is 0 Å². The Kier molecular flexibility index (Phi) is 4.54. The van der Waals surface area contributed by atoms with Crippen molar-refractivity contribution in [2.75, 3.05) is 6.61 Å². The standard InChI is InChI=1S/C8H15NO2/c1-3-7(4-5-10)6(2)8(9)11/h10H,3-5H2,1-2H3,(H2,9,11)/b7-6-. The van der Waals surface area contributed by atoms with Crippen LogP contribution in [0.3, 0.4) is 0 Å². The average molecular weight is 157 g/mol. The number of carbonyl (C=O) groups is 1. The minimum Gasteiger partial charge on any atom is -0.396 e. The van der Waals surface area contributed by atoms with Crippen LogP contribution < -0.4 is 5.73 Å². The number of nitrogens with two attached hydrogens (primary N) is 1. The quantitative estimate of drug-likeness (QED) is 0.586. The van der Waals surface area contributed by atoms with E-state index < -0.39 is 5.91 Å². The number of amides is 1. The summed E-state index contributed by atoms with van der Waals surface area (Å²) in [5, 5.41) is 8.61. The highest BCUT2D eigenvalue weighted by Gasteiger charge is 2.04. The summed E-state index contributed by atoms with van der Waals surface area (Å²) in [4.78, 5) is 10.7. The first-order chi connectivity index (χ1) is 5.13. The van der Waals surface area contributed by atoms with E-state index in [2.05, 4.69) is 0 Å². The maximum absolute atomic E-state index is 10.7. The molecule has 3 N–H and O–H groups in total. The van der Waals surface area contributed by atoms with E-state index >= 15 is 0 Å². The van der Waals surface area contributed by atoms with E-state index in [1.54, 1.807) is 6.92 Å². The average Bonchev–Trinajstić information content (AvgIpc) is 1.98. The molecule has 64 valence electrons. The second-order valence-electron chi connectivity index (χ2n) is 2.42. The minimum absolute atomic E-state index is 0.0772. The fourth-order valence-corrected chi connectivity index (χ4v) is 0.939. The van der Waals surface area contributed by atoms with Crippen molar-refractivity contribution >= 4 is 5.91 Å². The lowest BCUT2D eigenvalue weighted by Gasteiger charge is -2.04. The zero-order chi connectivity index (χ0) is 8.85. The summed E-state index contributed by atoms with van der Waals surface area (Å²) >= 11 is 0. The molecule has 0 saturated carbocycles. The molecule has 0 saturated heterocycles. The van der Waals surface area contributed by atoms with Gasteiger partial charge in [-0.25, -0.2) is 0 Å². The molecule has 3 heteroatoms. The summed E-state index contributed by atoms with van der Waals surface area (Å²) < 4.78 is 0. The molecule has 0 aromatic carbocycles. The molecule has 0 unspecified atom stereocenters. The summed E-state index contributed by atoms with van der Waals surface area (Å²) in [6, 6.07) is 0. The van der Waals surface area contributed by atoms with Gasteiger partial charge in [0.15, 0.2) is 0 Å². The van der Waals surface area contributed by atoms with Crippen LogP contribution in [0.25, 0.3) is 0 Å². The first-order valence-corrected chi connectivity index (χ1v) is 3.72. The Labute approximate surface area is 66.9 Å². The summed E-state index contributed by atoms with van der Waals surface area (Å²) in [5.41, 5.74) is 6.59. The summed E-state index contributed by atoms with van der Waals surface area (Å²) in [7, 11) is 0. The van der Waals surface area contributed by atoms with Gasteiger partial charge in [-0.05, 0) is 19.8 Å². The third-order valence-electron chi connectivity index (χ3n) is 1.74. The monoisotopic (exact) mass is 157 g/mol. The van der Waals surface area contributed by atoms with Crippen LogP contribution in [0.5, 0.6) is 0 Å². The van der Waals surface area contributed by atoms with Crippen molar-refractivity contribution in [3.63, 3.8) is 0 Å². The first-order valence-electron chi connectivity index (χ1n) is 3.72. The van der Waals surface area contributed by atoms with Crippen LogP contribution in [0.2, 0.25) is 0 Å². The number of carbonyl (C=O) groups excluding carboxylic acids is 1. The number of aliphatic hydroxyl groups excluding tert-OH is 1. The molecule has 0 heterocycles. The van der Waals surface area contributed by atoms with E-state index in [-0.39, 0.29) is 6.61 Å². The van der Waals surface area contributed by atoms with Crippen LogP contribution >= 0.6 is 0 Å². The smallest absolute Gasteiger partial charge is 0.244 e. The molecule has 0 rings (SSSR count). The van der Waals surface area contributed by atoms with Gasteiger partial charge in [0.05, 0.1) is 0 Å². The van der Waals surface area contributed by atoms with Crippen molar-refractivity contribution in [3.05, 3.63) is 11.1 Å². The second kappa shape index (κ2) is 4.91. The molecule has 0 atom stereocenters. The van der Waals surface area contributed by atoms with Gasteiger partial charge in [0.2, 0.25) is 5.91 Å². The molecule has 0 aromatic heterocycles. The first kappa shape index (κ1) is 10.2. The van der Waals surface area contributed by atoms with Crippen LogP contribution in [0.1, 0.15) is 26.7 Å². The van der Waals surface area contributed by atoms with Crippen molar-refractivity contribution in [3.8, 4) is 0 Å². The Morgan fingerprint density at radius 1 is 1.55 bits per heavy atom. The number of primary amides is 1. The minimum atomic E-state index is -0.393. The van der Waals surface area contributed by atoms with Crippen LogP contribution in [-0.4, -0.2) is 17.6 Å². The Balaban J connectivity index is 4.39. The van der Waals surface area contributed by atoms with Gasteiger partial charge >= 0.3 is 0 Å². The third-order valence-corrected chi connectivity index (χ3v) is 1.74. The maximum atomic E-state index is 10.7. The lowest BCUT2D eigenvalue weighted by atomic mass is 10.0. The van der Waals surface area contributed by atoms with Gasteiger partial charge < -0.3 is 10.8 Å². The van der Waals surface area contributed by atoms with Gasteiger partial charge in [-0.1, -0.05) is 12.5 Å². The molecule has 0 aliphatic carbocycles. The maximum Gasteiger partial charge on any atom is 0.244 e. The fraction of sp³-hybridized carbons (Fsp3) is 0.625. The van der Waals surface area contributed by atoms with Crippen LogP contribution in [-0.2, 0) is 4.79 Å². The van der Waals surface area contributed by atoms with Crippen molar-refractivity contribution in [2.24, 2.45) is 5.73 Å². The van der Waals surface area contributed by atoms with Gasteiger partial charge in [-0.15, -0.1) is 0 Å². The lowest BCUT2D eigenvalue weighted by molar-refractivity contribution is -0.114. The summed E-state index contributed by atoms with van der Waals surface area (Å²) in [6.45, 7) is 3.71. The molecular formula is C8H15NO2. The van der Waals surface area contributed by atoms with Gasteiger partial charge in [0, 0.05) is 12.2 Å². The molecule has 0 aliphatic rings. The fourth-order valence-electron chi connectivity index (χ4n) is 0.939. The van der Waals surface area contributed by atoms with Gasteiger partial charge in [-0.3, -0.25) is 4.79 Å². The largest absolute Gasteiger partial charge is 0.396 e. The van der Waals surface area contributed by atoms with Crippen molar-refractivity contribution in [2.45, 2.75) is 26.7 Å². The Morgan fingerprint density at radius 2 is 2.09 bits per heavy atom. The van der Waals surface area contributed by atoms with E-state index in [0.717, 1.165) is 12.0 Å². The zero-order valence-electron chi connectivity index (χ0n) is 7.05. The second-order valence-corrected chi connectivity index (χ2v) is 2.42. The summed E-state index contributed by atoms with van der Waals surface area (Å²) in [5.74, 6) is -0.393. The predicted molar refractivity (Wildman–Crippen MR) is 43.9 cm³/mol. The van der Waals surface area contributed by atoms with E-state index in [4.69, 9.17) is 10.8 Å². The zero-order valence-corrected chi connectivity index (χ0v) is 7.05. The normalized spacial score (nSPS) is 12.6. The van der Waals surface area contributed by atoms with Gasteiger partial charge in [0.25, 0.3) is 0 Å². The Morgan fingerprint density at radius 3 is 2.36 bits per heavy atom. The predicted octanol–water partition coefficient (Wildman–Crippen LogP) is 0.581. The highest BCUT2D eigenvalue weighted by atomic mass is 16.3. The van der Waals surface area contributed by atoms with E-state index in [1.807, 2.05) is 6.92 Å². The van der Waals surface area contributed by atoms with Gasteiger partial charge in [-0.2, -0.15) is 0 Å². The van der Waals surface area contributed by atoms with E-state index in [9.17, 15) is 4.79 Å². The molecule has 3 nitrogen and oxygen atoms in total. The topological polar surface area (TPSA) is 63.3 Å². The highest BCUT2D eigenvalue weighted by Crippen LogP contribution is 2.11. The molecule has 0 fully saturated rings. The number of rotatable bonds is 4. The molecule has 11 heavy (non-hydrogen) atoms. The molecule has 0 radical (unpaired) electrons. The molecule has 0 aromatic rings. The molecule has 0 bridgehead atoms. The summed E-state index contributed by atoms with van der Waals surface area (Å²) in [6.07, 6.45) is 1.32. The molecule has 0 aliphatic heterocycles. The van der Waals surface area contributed by atoms with Crippen LogP contribution in [0.15, 0.2) is 11.1 Å². The lowest BCUT2D eigenvalue weighted by Crippen LogP contribution is -2.14. The van der Waals surface area contributed by atoms with Crippen molar-refractivity contribution in [1.82, 2.24) is 0 Å². The third kappa shape index (κ3) is 3.18. The molecule has 0 spiro atoms. The molecule has 1 amide bonds. The number of hydrogen-bond donors (Lipinski definition) is 2. The Bertz CT molecular complexity index is 173. The van der Waals surface area contributed by atoms with Gasteiger partial charge in [0.1, 0.15) is 0 Å². The molecular weight excluding hydrogens is 142 g/mol. The van der Waals surface area contributed by atoms with Crippen LogP contribution in [0.4, 0.5) is 0 Å². The van der Waals surface area contributed by atoms with E-state index in [1.165, 1.54) is 0 Å². The highest BCUT2D eigenvalue weighted by molar-refractivity contribution is 5.92. The number of aliphatic hydroxyl groups is 1. The number of hydrogen-bond acceptors (Lipinski definition) is 2. The van der Waals surface area contributed by atoms with Crippen molar-refractivity contribution in [1.29, 1.82) is 0 Å². The van der Waals surface area contributed by atoms with Crippen molar-refractivity contribution < 1.29 is 9.90 Å². The SMILES string of the molecule is CC/C(CCO)=C(\C)C(N)=O. The van der Waals surface area contributed by atoms with E-state index in [0.29, 0.717) is 12.0 Å².